The first-order valence-corrected chi connectivity index (χ1v) is 12.8. The maximum Gasteiger partial charge on any atom is 0.412 e. The number of carbonyl (C=O) groups is 1. The Morgan fingerprint density at radius 2 is 1.30 bits per heavy atom. The van der Waals surface area contributed by atoms with Crippen LogP contribution in [0.25, 0.3) is 22.3 Å². The molecule has 0 saturated carbocycles. The molecule has 0 unspecified atom stereocenters. The number of rotatable bonds is 8. The van der Waals surface area contributed by atoms with Crippen molar-refractivity contribution in [1.29, 1.82) is 0 Å². The maximum absolute atomic E-state index is 12.9. The minimum absolute atomic E-state index is 0.332. The fraction of sp³-hybridized carbons (Fsp3) is 0.387. The van der Waals surface area contributed by atoms with Gasteiger partial charge in [0.1, 0.15) is 11.4 Å². The smallest absolute Gasteiger partial charge is 0.412 e. The summed E-state index contributed by atoms with van der Waals surface area (Å²) >= 11 is 0. The fourth-order valence-corrected chi connectivity index (χ4v) is 4.31. The Hall–Kier alpha value is -3.67. The number of hydrogen-bond donors (Lipinski definition) is 3. The van der Waals surface area contributed by atoms with Crippen LogP contribution in [0.4, 0.5) is 21.9 Å². The Morgan fingerprint density at radius 3 is 1.73 bits per heavy atom. The number of nitrogens with one attached hydrogen (secondary N) is 3. The Labute approximate surface area is 221 Å². The highest BCUT2D eigenvalue weighted by Gasteiger charge is 2.22. The summed E-state index contributed by atoms with van der Waals surface area (Å²) in [6.07, 6.45) is -0.501. The quantitative estimate of drug-likeness (QED) is 0.288. The average Bonchev–Trinajstić information content (AvgIpc) is 2.78. The summed E-state index contributed by atoms with van der Waals surface area (Å²) < 4.78 is 11.5. The largest absolute Gasteiger partial charge is 0.496 e. The van der Waals surface area contributed by atoms with E-state index < -0.39 is 11.7 Å². The molecule has 0 aromatic heterocycles. The van der Waals surface area contributed by atoms with Crippen LogP contribution in [0.1, 0.15) is 54.0 Å². The highest BCUT2D eigenvalue weighted by Crippen LogP contribution is 2.44. The maximum atomic E-state index is 12.9. The molecule has 3 aromatic rings. The number of ether oxygens (including phenoxy) is 2. The summed E-state index contributed by atoms with van der Waals surface area (Å²) in [5, 5.41) is 9.85. The first kappa shape index (κ1) is 27.9. The van der Waals surface area contributed by atoms with Gasteiger partial charge in [0, 0.05) is 40.1 Å². The second kappa shape index (κ2) is 11.6. The van der Waals surface area contributed by atoms with Gasteiger partial charge in [-0.05, 0) is 96.8 Å². The highest BCUT2D eigenvalue weighted by atomic mass is 16.6. The summed E-state index contributed by atoms with van der Waals surface area (Å²) in [6, 6.07) is 19.1. The molecule has 0 atom stereocenters. The van der Waals surface area contributed by atoms with Gasteiger partial charge in [-0.15, -0.1) is 0 Å². The van der Waals surface area contributed by atoms with E-state index in [4.69, 9.17) is 9.47 Å². The van der Waals surface area contributed by atoms with Gasteiger partial charge in [-0.2, -0.15) is 0 Å². The minimum Gasteiger partial charge on any atom is -0.496 e. The number of methoxy groups -OCH3 is 1. The molecule has 3 N–H and O–H groups in total. The molecule has 1 amide bonds. The molecule has 6 heteroatoms. The van der Waals surface area contributed by atoms with Gasteiger partial charge in [0.2, 0.25) is 0 Å². The van der Waals surface area contributed by atoms with E-state index in [1.165, 1.54) is 0 Å². The molecule has 0 spiro atoms. The fourth-order valence-electron chi connectivity index (χ4n) is 4.31. The zero-order chi connectivity index (χ0) is 27.3. The summed E-state index contributed by atoms with van der Waals surface area (Å²) in [5.41, 5.74) is 6.81. The van der Waals surface area contributed by atoms with Crippen LogP contribution in [0.5, 0.6) is 5.75 Å². The van der Waals surface area contributed by atoms with E-state index >= 15 is 0 Å². The second-order valence-corrected chi connectivity index (χ2v) is 10.9. The van der Waals surface area contributed by atoms with Crippen molar-refractivity contribution in [2.75, 3.05) is 23.1 Å². The Morgan fingerprint density at radius 1 is 0.811 bits per heavy atom. The molecule has 0 aliphatic heterocycles. The molecule has 37 heavy (non-hydrogen) atoms. The van der Waals surface area contributed by atoms with Crippen LogP contribution >= 0.6 is 0 Å². The molecular formula is C31H41N3O3. The predicted octanol–water partition coefficient (Wildman–Crippen LogP) is 8.33. The molecule has 0 aliphatic carbocycles. The number of hydrogen-bond acceptors (Lipinski definition) is 5. The first-order valence-electron chi connectivity index (χ1n) is 12.8. The lowest BCUT2D eigenvalue weighted by molar-refractivity contribution is 0.0636. The van der Waals surface area contributed by atoms with Crippen LogP contribution in [-0.4, -0.2) is 30.9 Å². The van der Waals surface area contributed by atoms with Crippen LogP contribution in [0, 0.1) is 6.92 Å². The molecule has 0 fully saturated rings. The number of benzene rings is 3. The van der Waals surface area contributed by atoms with E-state index in [2.05, 4.69) is 80.0 Å². The number of anilines is 3. The monoisotopic (exact) mass is 503 g/mol. The van der Waals surface area contributed by atoms with Crippen LogP contribution < -0.4 is 20.7 Å². The normalized spacial score (nSPS) is 11.4. The van der Waals surface area contributed by atoms with Gasteiger partial charge in [-0.3, -0.25) is 5.32 Å². The Kier molecular flexibility index (Phi) is 8.74. The Bertz CT molecular complexity index is 1210. The van der Waals surface area contributed by atoms with Gasteiger partial charge >= 0.3 is 6.09 Å². The van der Waals surface area contributed by atoms with E-state index in [0.717, 1.165) is 44.9 Å². The highest BCUT2D eigenvalue weighted by molar-refractivity contribution is 5.97. The molecule has 0 saturated heterocycles. The zero-order valence-electron chi connectivity index (χ0n) is 23.6. The van der Waals surface area contributed by atoms with Gasteiger partial charge < -0.3 is 20.1 Å². The SMILES string of the molecule is COc1c(-c2ccc(NC(C)C)cc2)cc(NC(=O)OC(C)(C)C)c(-c2ccc(NC(C)C)cc2)c1C. The topological polar surface area (TPSA) is 71.6 Å². The van der Waals surface area contributed by atoms with Crippen LogP contribution in [-0.2, 0) is 4.74 Å². The molecule has 0 aliphatic rings. The van der Waals surface area contributed by atoms with Crippen molar-refractivity contribution >= 4 is 23.2 Å². The first-order chi connectivity index (χ1) is 17.4. The van der Waals surface area contributed by atoms with Crippen molar-refractivity contribution in [2.24, 2.45) is 0 Å². The molecular weight excluding hydrogens is 462 g/mol. The lowest BCUT2D eigenvalue weighted by atomic mass is 9.92. The summed E-state index contributed by atoms with van der Waals surface area (Å²) in [5.74, 6) is 0.763. The van der Waals surface area contributed by atoms with E-state index in [1.54, 1.807) is 7.11 Å². The van der Waals surface area contributed by atoms with Crippen LogP contribution in [0.2, 0.25) is 0 Å². The number of carbonyl (C=O) groups excluding carboxylic acids is 1. The van der Waals surface area contributed by atoms with E-state index in [-0.39, 0.29) is 0 Å². The molecule has 3 rings (SSSR count). The zero-order valence-corrected chi connectivity index (χ0v) is 23.6. The van der Waals surface area contributed by atoms with Crippen molar-refractivity contribution in [2.45, 2.75) is 73.1 Å². The molecule has 0 radical (unpaired) electrons. The molecule has 6 nitrogen and oxygen atoms in total. The molecule has 3 aromatic carbocycles. The van der Waals surface area contributed by atoms with E-state index in [1.807, 2.05) is 45.9 Å². The minimum atomic E-state index is -0.613. The van der Waals surface area contributed by atoms with Gasteiger partial charge in [0.25, 0.3) is 0 Å². The van der Waals surface area contributed by atoms with E-state index in [0.29, 0.717) is 17.8 Å². The summed E-state index contributed by atoms with van der Waals surface area (Å²) in [7, 11) is 1.68. The van der Waals surface area contributed by atoms with Crippen LogP contribution in [0.3, 0.4) is 0 Å². The van der Waals surface area contributed by atoms with Gasteiger partial charge in [0.05, 0.1) is 12.8 Å². The third-order valence-electron chi connectivity index (χ3n) is 5.64. The van der Waals surface area contributed by atoms with Crippen LogP contribution in [0.15, 0.2) is 54.6 Å². The Balaban J connectivity index is 2.14. The third-order valence-corrected chi connectivity index (χ3v) is 5.64. The lowest BCUT2D eigenvalue weighted by Gasteiger charge is -2.23. The van der Waals surface area contributed by atoms with Crippen molar-refractivity contribution < 1.29 is 14.3 Å². The predicted molar refractivity (Wildman–Crippen MR) is 156 cm³/mol. The molecule has 198 valence electrons. The van der Waals surface area contributed by atoms with Gasteiger partial charge in [-0.25, -0.2) is 4.79 Å². The summed E-state index contributed by atoms with van der Waals surface area (Å²) in [6.45, 7) is 16.0. The standard InChI is InChI=1S/C31H41N3O3/c1-19(2)32-24-14-10-22(11-15-24)26-18-27(34-30(35)37-31(6,7)8)28(21(5)29(26)36-9)23-12-16-25(17-13-23)33-20(3)4/h10-20,32-33H,1-9H3,(H,34,35). The van der Waals surface area contributed by atoms with Crippen molar-refractivity contribution in [3.05, 3.63) is 60.2 Å². The molecule has 0 heterocycles. The van der Waals surface area contributed by atoms with Crippen molar-refractivity contribution in [3.8, 4) is 28.0 Å². The lowest BCUT2D eigenvalue weighted by Crippen LogP contribution is -2.27. The third kappa shape index (κ3) is 7.42. The van der Waals surface area contributed by atoms with Gasteiger partial charge in [0.15, 0.2) is 0 Å². The van der Waals surface area contributed by atoms with E-state index in [9.17, 15) is 4.79 Å². The number of amides is 1. The second-order valence-electron chi connectivity index (χ2n) is 10.9. The van der Waals surface area contributed by atoms with Crippen molar-refractivity contribution in [1.82, 2.24) is 0 Å². The average molecular weight is 504 g/mol. The van der Waals surface area contributed by atoms with Gasteiger partial charge in [-0.1, -0.05) is 24.3 Å². The molecule has 0 bridgehead atoms. The van der Waals surface area contributed by atoms with Crippen molar-refractivity contribution in [3.63, 3.8) is 0 Å². The summed E-state index contributed by atoms with van der Waals surface area (Å²) in [4.78, 5) is 12.9.